The molecule has 0 amide bonds. The van der Waals surface area contributed by atoms with Gasteiger partial charge in [0.25, 0.3) is 0 Å². The second kappa shape index (κ2) is 7.21. The number of esters is 1. The zero-order valence-electron chi connectivity index (χ0n) is 17.4. The summed E-state index contributed by atoms with van der Waals surface area (Å²) in [4.78, 5) is 11.8. The average molecular weight is 375 g/mol. The van der Waals surface area contributed by atoms with E-state index in [-0.39, 0.29) is 28.1 Å². The summed E-state index contributed by atoms with van der Waals surface area (Å²) < 4.78 is 18.1. The summed E-state index contributed by atoms with van der Waals surface area (Å²) in [5.41, 5.74) is 0. The van der Waals surface area contributed by atoms with Gasteiger partial charge < -0.3 is 13.6 Å². The first-order chi connectivity index (χ1) is 10.6. The van der Waals surface area contributed by atoms with Gasteiger partial charge in [-0.1, -0.05) is 41.5 Å². The predicted octanol–water partition coefficient (Wildman–Crippen LogP) is 4.96. The molecule has 0 aromatic carbocycles. The quantitative estimate of drug-likeness (QED) is 0.487. The molecule has 0 unspecified atom stereocenters. The lowest BCUT2D eigenvalue weighted by molar-refractivity contribution is -0.142. The fourth-order valence-corrected chi connectivity index (χ4v) is 4.11. The van der Waals surface area contributed by atoms with Crippen molar-refractivity contribution in [1.29, 1.82) is 0 Å². The molecule has 1 aliphatic rings. The van der Waals surface area contributed by atoms with E-state index in [0.717, 1.165) is 0 Å². The van der Waals surface area contributed by atoms with Crippen LogP contribution in [0.1, 0.15) is 48.0 Å². The normalized spacial score (nSPS) is 23.5. The Labute approximate surface area is 150 Å². The molecule has 0 aromatic heterocycles. The highest BCUT2D eigenvalue weighted by Crippen LogP contribution is 2.39. The molecular formula is C18H38O4Si2. The second-order valence-electron chi connectivity index (χ2n) is 10.1. The van der Waals surface area contributed by atoms with Crippen LogP contribution in [0.5, 0.6) is 0 Å². The van der Waals surface area contributed by atoms with E-state index in [1.165, 1.54) is 0 Å². The Bertz CT molecular complexity index is 407. The molecule has 1 heterocycles. The Kier molecular flexibility index (Phi) is 6.57. The van der Waals surface area contributed by atoms with E-state index in [1.807, 2.05) is 0 Å². The lowest BCUT2D eigenvalue weighted by Crippen LogP contribution is -2.45. The van der Waals surface area contributed by atoms with Gasteiger partial charge in [0.1, 0.15) is 6.10 Å². The minimum atomic E-state index is -1.84. The lowest BCUT2D eigenvalue weighted by atomic mass is 10.0. The third kappa shape index (κ3) is 5.41. The molecule has 0 N–H and O–H groups in total. The number of ether oxygens (including phenoxy) is 1. The van der Waals surface area contributed by atoms with Crippen molar-refractivity contribution >= 4 is 22.6 Å². The number of hydrogen-bond acceptors (Lipinski definition) is 4. The van der Waals surface area contributed by atoms with Crippen molar-refractivity contribution in [2.24, 2.45) is 5.92 Å². The summed E-state index contributed by atoms with van der Waals surface area (Å²) in [6.45, 7) is 23.4. The molecule has 24 heavy (non-hydrogen) atoms. The first-order valence-electron chi connectivity index (χ1n) is 9.04. The molecule has 0 aromatic rings. The molecule has 1 aliphatic heterocycles. The van der Waals surface area contributed by atoms with Crippen LogP contribution in [0, 0.1) is 5.92 Å². The minimum absolute atomic E-state index is 0.108. The predicted molar refractivity (Wildman–Crippen MR) is 104 cm³/mol. The van der Waals surface area contributed by atoms with Gasteiger partial charge >= 0.3 is 5.97 Å². The van der Waals surface area contributed by atoms with E-state index in [2.05, 4.69) is 67.7 Å². The summed E-state index contributed by atoms with van der Waals surface area (Å²) in [7, 11) is -3.65. The van der Waals surface area contributed by atoms with Crippen LogP contribution in [0.4, 0.5) is 0 Å². The molecule has 1 saturated heterocycles. The van der Waals surface area contributed by atoms with Crippen molar-refractivity contribution in [1.82, 2.24) is 0 Å². The number of carbonyl (C=O) groups is 1. The van der Waals surface area contributed by atoms with Crippen molar-refractivity contribution in [3.63, 3.8) is 0 Å². The highest BCUT2D eigenvalue weighted by atomic mass is 28.4. The average Bonchev–Trinajstić information content (AvgIpc) is 2.72. The van der Waals surface area contributed by atoms with Crippen LogP contribution in [0.15, 0.2) is 0 Å². The van der Waals surface area contributed by atoms with Gasteiger partial charge in [-0.2, -0.15) is 0 Å². The molecule has 0 bridgehead atoms. The van der Waals surface area contributed by atoms with Crippen LogP contribution < -0.4 is 0 Å². The minimum Gasteiger partial charge on any atom is -0.460 e. The molecule has 4 nitrogen and oxygen atoms in total. The zero-order chi connectivity index (χ0) is 19.0. The first-order valence-corrected chi connectivity index (χ1v) is 14.9. The Balaban J connectivity index is 2.66. The van der Waals surface area contributed by atoms with Gasteiger partial charge in [-0.05, 0) is 36.3 Å². The smallest absolute Gasteiger partial charge is 0.306 e. The maximum Gasteiger partial charge on any atom is 0.306 e. The SMILES string of the molecule is CC(C)(C)[Si](C)(C)OC[C@H]1CC(=O)O[C@@H]1CO[Si](C)(C)C(C)(C)C. The van der Waals surface area contributed by atoms with Crippen LogP contribution in [0.3, 0.4) is 0 Å². The molecule has 0 radical (unpaired) electrons. The van der Waals surface area contributed by atoms with E-state index in [4.69, 9.17) is 13.6 Å². The highest BCUT2D eigenvalue weighted by molar-refractivity contribution is 6.74. The summed E-state index contributed by atoms with van der Waals surface area (Å²) >= 11 is 0. The van der Waals surface area contributed by atoms with Crippen LogP contribution in [-0.4, -0.2) is 41.9 Å². The number of carbonyl (C=O) groups excluding carboxylic acids is 1. The Hall–Kier alpha value is -0.176. The summed E-state index contributed by atoms with van der Waals surface area (Å²) in [6.07, 6.45) is 0.275. The third-order valence-electron chi connectivity index (χ3n) is 6.12. The van der Waals surface area contributed by atoms with Crippen LogP contribution in [-0.2, 0) is 18.4 Å². The standard InChI is InChI=1S/C18H38O4Si2/c1-17(2,3)23(7,8)20-12-14-11-16(19)22-15(14)13-21-24(9,10)18(4,5)6/h14-15H,11-13H2,1-10H3/t14-,15-/m1/s1. The fraction of sp³-hybridized carbons (Fsp3) is 0.944. The van der Waals surface area contributed by atoms with Gasteiger partial charge in [0, 0.05) is 12.5 Å². The van der Waals surface area contributed by atoms with Crippen molar-refractivity contribution in [3.8, 4) is 0 Å². The molecule has 0 saturated carbocycles. The number of rotatable bonds is 6. The molecule has 0 spiro atoms. The van der Waals surface area contributed by atoms with Crippen molar-refractivity contribution in [2.45, 2.75) is 90.3 Å². The number of hydrogen-bond donors (Lipinski definition) is 0. The van der Waals surface area contributed by atoms with Crippen molar-refractivity contribution in [2.75, 3.05) is 13.2 Å². The molecule has 2 atom stereocenters. The first kappa shape index (κ1) is 21.9. The fourth-order valence-electron chi connectivity index (χ4n) is 2.03. The molecule has 6 heteroatoms. The van der Waals surface area contributed by atoms with Gasteiger partial charge in [0.15, 0.2) is 16.6 Å². The molecule has 142 valence electrons. The molecule has 1 rings (SSSR count). The zero-order valence-corrected chi connectivity index (χ0v) is 19.4. The molecule has 1 fully saturated rings. The van der Waals surface area contributed by atoms with Gasteiger partial charge in [0.2, 0.25) is 0 Å². The van der Waals surface area contributed by atoms with Crippen molar-refractivity contribution in [3.05, 3.63) is 0 Å². The van der Waals surface area contributed by atoms with Gasteiger partial charge in [-0.3, -0.25) is 4.79 Å². The maximum absolute atomic E-state index is 11.8. The summed E-state index contributed by atoms with van der Waals surface area (Å²) in [5, 5.41) is 0.326. The lowest BCUT2D eigenvalue weighted by Gasteiger charge is -2.38. The summed E-state index contributed by atoms with van der Waals surface area (Å²) in [5.74, 6) is -0.0148. The number of cyclic esters (lactones) is 1. The van der Waals surface area contributed by atoms with E-state index >= 15 is 0 Å². The highest BCUT2D eigenvalue weighted by Gasteiger charge is 2.43. The molecule has 0 aliphatic carbocycles. The van der Waals surface area contributed by atoms with E-state index in [0.29, 0.717) is 19.6 Å². The Morgan fingerprint density at radius 1 is 0.917 bits per heavy atom. The molecular weight excluding hydrogens is 336 g/mol. The van der Waals surface area contributed by atoms with Gasteiger partial charge in [0.05, 0.1) is 13.0 Å². The van der Waals surface area contributed by atoms with E-state index < -0.39 is 16.6 Å². The largest absolute Gasteiger partial charge is 0.460 e. The monoisotopic (exact) mass is 374 g/mol. The Morgan fingerprint density at radius 3 is 1.75 bits per heavy atom. The third-order valence-corrected chi connectivity index (χ3v) is 15.1. The second-order valence-corrected chi connectivity index (χ2v) is 19.8. The van der Waals surface area contributed by atoms with Crippen LogP contribution in [0.2, 0.25) is 36.3 Å². The summed E-state index contributed by atoms with van der Waals surface area (Å²) in [6, 6.07) is 0. The van der Waals surface area contributed by atoms with Crippen LogP contribution in [0.25, 0.3) is 0 Å². The van der Waals surface area contributed by atoms with Crippen molar-refractivity contribution < 1.29 is 18.4 Å². The van der Waals surface area contributed by atoms with Gasteiger partial charge in [-0.25, -0.2) is 0 Å². The topological polar surface area (TPSA) is 44.8 Å². The van der Waals surface area contributed by atoms with Crippen LogP contribution >= 0.6 is 0 Å². The maximum atomic E-state index is 11.8. The van der Waals surface area contributed by atoms with E-state index in [1.54, 1.807) is 0 Å². The van der Waals surface area contributed by atoms with Gasteiger partial charge in [-0.15, -0.1) is 0 Å². The Morgan fingerprint density at radius 2 is 1.33 bits per heavy atom. The van der Waals surface area contributed by atoms with E-state index in [9.17, 15) is 4.79 Å².